The Morgan fingerprint density at radius 2 is 2.00 bits per heavy atom. The van der Waals surface area contributed by atoms with E-state index in [1.54, 1.807) is 11.3 Å². The fraction of sp³-hybridized carbons (Fsp3) is 0.182. The largest absolute Gasteiger partial charge is 0.325 e. The molecule has 0 spiro atoms. The predicted octanol–water partition coefficient (Wildman–Crippen LogP) is 2.85. The zero-order chi connectivity index (χ0) is 10.7. The molecule has 0 amide bonds. The van der Waals surface area contributed by atoms with E-state index in [2.05, 4.69) is 4.98 Å². The van der Waals surface area contributed by atoms with Crippen molar-refractivity contribution in [3.05, 3.63) is 50.9 Å². The van der Waals surface area contributed by atoms with Gasteiger partial charge in [0.15, 0.2) is 0 Å². The Kier molecular flexibility index (Phi) is 3.36. The normalized spacial score (nSPS) is 10.5. The van der Waals surface area contributed by atoms with Gasteiger partial charge in [-0.1, -0.05) is 23.7 Å². The molecule has 2 rings (SSSR count). The molecule has 0 radical (unpaired) electrons. The molecule has 0 saturated heterocycles. The van der Waals surface area contributed by atoms with E-state index in [0.717, 1.165) is 16.5 Å². The van der Waals surface area contributed by atoms with Crippen LogP contribution in [0.25, 0.3) is 0 Å². The molecule has 78 valence electrons. The standard InChI is InChI=1S/C11H11ClN2S/c12-9-3-1-8(2-4-9)5-10-7-14-11(6-13)15-10/h1-4,7H,5-6,13H2. The molecule has 2 nitrogen and oxygen atoms in total. The fourth-order valence-electron chi connectivity index (χ4n) is 1.33. The van der Waals surface area contributed by atoms with Crippen molar-refractivity contribution < 1.29 is 0 Å². The van der Waals surface area contributed by atoms with Gasteiger partial charge in [-0.15, -0.1) is 11.3 Å². The van der Waals surface area contributed by atoms with E-state index in [9.17, 15) is 0 Å². The predicted molar refractivity (Wildman–Crippen MR) is 64.3 cm³/mol. The molecule has 1 aromatic heterocycles. The molecular weight excluding hydrogens is 228 g/mol. The van der Waals surface area contributed by atoms with Crippen molar-refractivity contribution in [3.63, 3.8) is 0 Å². The maximum Gasteiger partial charge on any atom is 0.106 e. The monoisotopic (exact) mass is 238 g/mol. The van der Waals surface area contributed by atoms with E-state index in [1.165, 1.54) is 10.4 Å². The maximum absolute atomic E-state index is 5.81. The van der Waals surface area contributed by atoms with Crippen molar-refractivity contribution in [1.29, 1.82) is 0 Å². The van der Waals surface area contributed by atoms with Crippen molar-refractivity contribution in [2.75, 3.05) is 0 Å². The summed E-state index contributed by atoms with van der Waals surface area (Å²) in [6.45, 7) is 0.519. The number of thiazole rings is 1. The number of nitrogens with two attached hydrogens (primary N) is 1. The lowest BCUT2D eigenvalue weighted by atomic mass is 10.1. The topological polar surface area (TPSA) is 38.9 Å². The van der Waals surface area contributed by atoms with Gasteiger partial charge in [0.05, 0.1) is 0 Å². The van der Waals surface area contributed by atoms with Crippen molar-refractivity contribution >= 4 is 22.9 Å². The Bertz CT molecular complexity index is 436. The molecule has 0 atom stereocenters. The van der Waals surface area contributed by atoms with Gasteiger partial charge in [0.2, 0.25) is 0 Å². The first kappa shape index (κ1) is 10.6. The highest BCUT2D eigenvalue weighted by Crippen LogP contribution is 2.18. The third kappa shape index (κ3) is 2.78. The minimum absolute atomic E-state index is 0.519. The third-order valence-electron chi connectivity index (χ3n) is 2.07. The Labute approximate surface area is 97.7 Å². The van der Waals surface area contributed by atoms with Gasteiger partial charge in [0.1, 0.15) is 5.01 Å². The number of aromatic nitrogens is 1. The second kappa shape index (κ2) is 4.75. The van der Waals surface area contributed by atoms with Gasteiger partial charge >= 0.3 is 0 Å². The van der Waals surface area contributed by atoms with Crippen LogP contribution in [0.4, 0.5) is 0 Å². The molecule has 1 aromatic carbocycles. The molecular formula is C11H11ClN2S. The van der Waals surface area contributed by atoms with Crippen molar-refractivity contribution in [1.82, 2.24) is 4.98 Å². The third-order valence-corrected chi connectivity index (χ3v) is 3.34. The first-order valence-electron chi connectivity index (χ1n) is 4.66. The van der Waals surface area contributed by atoms with Crippen LogP contribution in [-0.4, -0.2) is 4.98 Å². The molecule has 0 unspecified atom stereocenters. The molecule has 0 fully saturated rings. The summed E-state index contributed by atoms with van der Waals surface area (Å²) < 4.78 is 0. The maximum atomic E-state index is 5.81. The van der Waals surface area contributed by atoms with Crippen LogP contribution in [0, 0.1) is 0 Å². The highest BCUT2D eigenvalue weighted by molar-refractivity contribution is 7.11. The van der Waals surface area contributed by atoms with Crippen LogP contribution in [0.3, 0.4) is 0 Å². The lowest BCUT2D eigenvalue weighted by Gasteiger charge is -1.97. The van der Waals surface area contributed by atoms with Crippen LogP contribution < -0.4 is 5.73 Å². The van der Waals surface area contributed by atoms with Crippen LogP contribution in [0.1, 0.15) is 15.4 Å². The van der Waals surface area contributed by atoms with E-state index < -0.39 is 0 Å². The van der Waals surface area contributed by atoms with Crippen LogP contribution >= 0.6 is 22.9 Å². The van der Waals surface area contributed by atoms with E-state index >= 15 is 0 Å². The summed E-state index contributed by atoms with van der Waals surface area (Å²) in [7, 11) is 0. The van der Waals surface area contributed by atoms with Crippen LogP contribution in [-0.2, 0) is 13.0 Å². The zero-order valence-corrected chi connectivity index (χ0v) is 9.68. The lowest BCUT2D eigenvalue weighted by molar-refractivity contribution is 1.04. The first-order chi connectivity index (χ1) is 7.28. The number of nitrogens with zero attached hydrogens (tertiary/aromatic N) is 1. The molecule has 0 aliphatic heterocycles. The summed E-state index contributed by atoms with van der Waals surface area (Å²) >= 11 is 7.48. The summed E-state index contributed by atoms with van der Waals surface area (Å²) in [6, 6.07) is 7.87. The first-order valence-corrected chi connectivity index (χ1v) is 5.85. The molecule has 1 heterocycles. The molecule has 0 bridgehead atoms. The van der Waals surface area contributed by atoms with E-state index in [-0.39, 0.29) is 0 Å². The summed E-state index contributed by atoms with van der Waals surface area (Å²) in [5, 5.41) is 1.75. The Hall–Kier alpha value is -0.900. The number of hydrogen-bond donors (Lipinski definition) is 1. The van der Waals surface area contributed by atoms with Gasteiger partial charge in [-0.25, -0.2) is 4.98 Å². The Morgan fingerprint density at radius 1 is 1.27 bits per heavy atom. The zero-order valence-electron chi connectivity index (χ0n) is 8.11. The number of benzene rings is 1. The van der Waals surface area contributed by atoms with Gasteiger partial charge in [0.25, 0.3) is 0 Å². The molecule has 15 heavy (non-hydrogen) atoms. The van der Waals surface area contributed by atoms with Gasteiger partial charge in [-0.05, 0) is 17.7 Å². The Morgan fingerprint density at radius 3 is 2.60 bits per heavy atom. The van der Waals surface area contributed by atoms with E-state index in [1.807, 2.05) is 30.5 Å². The summed E-state index contributed by atoms with van der Waals surface area (Å²) in [5.41, 5.74) is 6.75. The van der Waals surface area contributed by atoms with Crippen molar-refractivity contribution in [2.45, 2.75) is 13.0 Å². The minimum Gasteiger partial charge on any atom is -0.325 e. The fourth-order valence-corrected chi connectivity index (χ4v) is 2.29. The van der Waals surface area contributed by atoms with Crippen molar-refractivity contribution in [3.8, 4) is 0 Å². The molecule has 2 aromatic rings. The summed E-state index contributed by atoms with van der Waals surface area (Å²) in [4.78, 5) is 5.45. The molecule has 0 aliphatic rings. The lowest BCUT2D eigenvalue weighted by Crippen LogP contribution is -1.93. The second-order valence-electron chi connectivity index (χ2n) is 3.23. The average Bonchev–Trinajstić information content (AvgIpc) is 2.69. The SMILES string of the molecule is NCc1ncc(Cc2ccc(Cl)cc2)s1. The van der Waals surface area contributed by atoms with Crippen LogP contribution in [0.2, 0.25) is 5.02 Å². The number of hydrogen-bond acceptors (Lipinski definition) is 3. The van der Waals surface area contributed by atoms with Crippen LogP contribution in [0.15, 0.2) is 30.5 Å². The average molecular weight is 239 g/mol. The van der Waals surface area contributed by atoms with Gasteiger partial charge in [-0.3, -0.25) is 0 Å². The quantitative estimate of drug-likeness (QED) is 0.893. The van der Waals surface area contributed by atoms with Gasteiger partial charge < -0.3 is 5.73 Å². The van der Waals surface area contributed by atoms with E-state index in [4.69, 9.17) is 17.3 Å². The highest BCUT2D eigenvalue weighted by atomic mass is 35.5. The van der Waals surface area contributed by atoms with Crippen molar-refractivity contribution in [2.24, 2.45) is 5.73 Å². The Balaban J connectivity index is 2.11. The highest BCUT2D eigenvalue weighted by Gasteiger charge is 2.01. The number of rotatable bonds is 3. The molecule has 0 aliphatic carbocycles. The molecule has 2 N–H and O–H groups in total. The van der Waals surface area contributed by atoms with Crippen LogP contribution in [0.5, 0.6) is 0 Å². The minimum atomic E-state index is 0.519. The van der Waals surface area contributed by atoms with Gasteiger partial charge in [0, 0.05) is 29.1 Å². The smallest absolute Gasteiger partial charge is 0.106 e. The molecule has 0 saturated carbocycles. The molecule has 4 heteroatoms. The number of halogens is 1. The summed E-state index contributed by atoms with van der Waals surface area (Å²) in [5.74, 6) is 0. The van der Waals surface area contributed by atoms with E-state index in [0.29, 0.717) is 6.54 Å². The second-order valence-corrected chi connectivity index (χ2v) is 4.86. The van der Waals surface area contributed by atoms with Gasteiger partial charge in [-0.2, -0.15) is 0 Å². The summed E-state index contributed by atoms with van der Waals surface area (Å²) in [6.07, 6.45) is 2.79.